The lowest BCUT2D eigenvalue weighted by atomic mass is 10.1. The predicted molar refractivity (Wildman–Crippen MR) is 87.1 cm³/mol. The van der Waals surface area contributed by atoms with Crippen molar-refractivity contribution in [2.45, 2.75) is 26.2 Å². The topological polar surface area (TPSA) is 69.2 Å². The Bertz CT molecular complexity index is 429. The molecule has 0 aliphatic carbocycles. The first-order valence-electron chi connectivity index (χ1n) is 7.82. The summed E-state index contributed by atoms with van der Waals surface area (Å²) in [5.41, 5.74) is 0. The number of anilines is 3. The average Bonchev–Trinajstić information content (AvgIpc) is 2.48. The van der Waals surface area contributed by atoms with Crippen LogP contribution in [0.3, 0.4) is 0 Å². The molecule has 0 radical (unpaired) electrons. The zero-order chi connectivity index (χ0) is 15.1. The highest BCUT2D eigenvalue weighted by Crippen LogP contribution is 2.18. The summed E-state index contributed by atoms with van der Waals surface area (Å²) >= 11 is 0. The highest BCUT2D eigenvalue weighted by atomic mass is 15.3. The summed E-state index contributed by atoms with van der Waals surface area (Å²) in [5.74, 6) is 2.09. The van der Waals surface area contributed by atoms with E-state index in [1.807, 2.05) is 6.92 Å². The maximum absolute atomic E-state index is 4.57. The third-order valence-electron chi connectivity index (χ3n) is 3.44. The van der Waals surface area contributed by atoms with Gasteiger partial charge in [-0.25, -0.2) is 0 Å². The number of hydrogen-bond acceptors (Lipinski definition) is 7. The lowest BCUT2D eigenvalue weighted by Gasteiger charge is -2.27. The minimum absolute atomic E-state index is 0.653. The van der Waals surface area contributed by atoms with Crippen molar-refractivity contribution >= 4 is 17.8 Å². The molecule has 21 heavy (non-hydrogen) atoms. The Kier molecular flexibility index (Phi) is 5.98. The molecule has 1 aromatic rings. The normalized spacial score (nSPS) is 15.3. The molecule has 2 N–H and O–H groups in total. The van der Waals surface area contributed by atoms with Crippen LogP contribution in [0.2, 0.25) is 0 Å². The lowest BCUT2D eigenvalue weighted by Crippen LogP contribution is -2.31. The summed E-state index contributed by atoms with van der Waals surface area (Å²) < 4.78 is 0. The van der Waals surface area contributed by atoms with Crippen molar-refractivity contribution in [2.75, 3.05) is 62.4 Å². The minimum atomic E-state index is 0.653. The number of aromatic nitrogens is 3. The first kappa shape index (κ1) is 15.8. The van der Waals surface area contributed by atoms with Gasteiger partial charge in [-0.1, -0.05) is 0 Å². The third-order valence-corrected chi connectivity index (χ3v) is 3.44. The molecule has 0 aromatic carbocycles. The van der Waals surface area contributed by atoms with E-state index in [0.717, 1.165) is 38.7 Å². The van der Waals surface area contributed by atoms with Crippen molar-refractivity contribution in [3.05, 3.63) is 0 Å². The van der Waals surface area contributed by atoms with Crippen LogP contribution in [0.4, 0.5) is 17.8 Å². The van der Waals surface area contributed by atoms with Crippen molar-refractivity contribution in [3.63, 3.8) is 0 Å². The van der Waals surface area contributed by atoms with Gasteiger partial charge >= 0.3 is 0 Å². The second-order valence-corrected chi connectivity index (χ2v) is 5.59. The van der Waals surface area contributed by atoms with E-state index >= 15 is 0 Å². The van der Waals surface area contributed by atoms with Crippen LogP contribution in [-0.4, -0.2) is 66.7 Å². The Labute approximate surface area is 127 Å². The van der Waals surface area contributed by atoms with E-state index in [4.69, 9.17) is 0 Å². The van der Waals surface area contributed by atoms with E-state index in [1.165, 1.54) is 19.3 Å². The summed E-state index contributed by atoms with van der Waals surface area (Å²) in [6, 6.07) is 0. The molecule has 1 aliphatic heterocycles. The van der Waals surface area contributed by atoms with Crippen molar-refractivity contribution < 1.29 is 0 Å². The van der Waals surface area contributed by atoms with Crippen LogP contribution in [0.25, 0.3) is 0 Å². The Morgan fingerprint density at radius 3 is 2.29 bits per heavy atom. The molecule has 1 fully saturated rings. The van der Waals surface area contributed by atoms with E-state index in [1.54, 1.807) is 0 Å². The fourth-order valence-corrected chi connectivity index (χ4v) is 2.31. The molecule has 2 heterocycles. The van der Waals surface area contributed by atoms with Gasteiger partial charge in [-0.3, -0.25) is 0 Å². The van der Waals surface area contributed by atoms with E-state index in [9.17, 15) is 0 Å². The Morgan fingerprint density at radius 2 is 1.67 bits per heavy atom. The number of nitrogens with one attached hydrogen (secondary N) is 2. The van der Waals surface area contributed by atoms with Crippen LogP contribution in [0.15, 0.2) is 0 Å². The fraction of sp³-hybridized carbons (Fsp3) is 0.786. The van der Waals surface area contributed by atoms with Gasteiger partial charge < -0.3 is 20.4 Å². The fourth-order valence-electron chi connectivity index (χ4n) is 2.31. The zero-order valence-corrected chi connectivity index (χ0v) is 13.4. The van der Waals surface area contributed by atoms with Crippen LogP contribution in [-0.2, 0) is 0 Å². The third kappa shape index (κ3) is 5.00. The minimum Gasteiger partial charge on any atom is -0.354 e. The molecule has 0 spiro atoms. The molecule has 0 saturated carbocycles. The number of rotatable bonds is 7. The molecule has 2 rings (SSSR count). The predicted octanol–water partition coefficient (Wildman–Crippen LogP) is 1.27. The second-order valence-electron chi connectivity index (χ2n) is 5.59. The van der Waals surface area contributed by atoms with Crippen LogP contribution < -0.4 is 15.5 Å². The van der Waals surface area contributed by atoms with Gasteiger partial charge in [0.05, 0.1) is 0 Å². The van der Waals surface area contributed by atoms with Crippen molar-refractivity contribution in [1.82, 2.24) is 19.9 Å². The standard InChI is InChI=1S/C14H27N7/c1-4-15-12-17-13(16-8-11-20(2)3)19-14(18-12)21-9-6-5-7-10-21/h4-11H2,1-3H3,(H2,15,16,17,18,19). The van der Waals surface area contributed by atoms with Crippen molar-refractivity contribution in [1.29, 1.82) is 0 Å². The maximum Gasteiger partial charge on any atom is 0.231 e. The Balaban J connectivity index is 2.09. The van der Waals surface area contributed by atoms with Gasteiger partial charge in [-0.2, -0.15) is 15.0 Å². The van der Waals surface area contributed by atoms with Crippen molar-refractivity contribution in [3.8, 4) is 0 Å². The molecular weight excluding hydrogens is 266 g/mol. The van der Waals surface area contributed by atoms with Gasteiger partial charge in [-0.15, -0.1) is 0 Å². The first-order chi connectivity index (χ1) is 10.2. The van der Waals surface area contributed by atoms with Gasteiger partial charge in [0.15, 0.2) is 0 Å². The van der Waals surface area contributed by atoms with E-state index < -0.39 is 0 Å². The zero-order valence-electron chi connectivity index (χ0n) is 13.4. The number of piperidine rings is 1. The molecule has 0 atom stereocenters. The molecule has 118 valence electrons. The smallest absolute Gasteiger partial charge is 0.231 e. The van der Waals surface area contributed by atoms with Gasteiger partial charge in [0.25, 0.3) is 0 Å². The Hall–Kier alpha value is -1.63. The van der Waals surface area contributed by atoms with E-state index in [-0.39, 0.29) is 0 Å². The van der Waals surface area contributed by atoms with Gasteiger partial charge in [0, 0.05) is 32.7 Å². The highest BCUT2D eigenvalue weighted by molar-refractivity contribution is 5.44. The van der Waals surface area contributed by atoms with E-state index in [2.05, 4.69) is 49.5 Å². The van der Waals surface area contributed by atoms with Gasteiger partial charge in [0.2, 0.25) is 17.8 Å². The van der Waals surface area contributed by atoms with Crippen LogP contribution in [0, 0.1) is 0 Å². The summed E-state index contributed by atoms with van der Waals surface area (Å²) in [6.45, 7) is 6.69. The van der Waals surface area contributed by atoms with Gasteiger partial charge in [0.1, 0.15) is 0 Å². The van der Waals surface area contributed by atoms with Crippen molar-refractivity contribution in [2.24, 2.45) is 0 Å². The monoisotopic (exact) mass is 293 g/mol. The number of nitrogens with zero attached hydrogens (tertiary/aromatic N) is 5. The summed E-state index contributed by atoms with van der Waals surface area (Å²) in [7, 11) is 4.11. The highest BCUT2D eigenvalue weighted by Gasteiger charge is 2.16. The number of hydrogen-bond donors (Lipinski definition) is 2. The van der Waals surface area contributed by atoms with E-state index in [0.29, 0.717) is 11.9 Å². The first-order valence-corrected chi connectivity index (χ1v) is 7.82. The summed E-state index contributed by atoms with van der Waals surface area (Å²) in [4.78, 5) is 17.9. The molecule has 1 aromatic heterocycles. The quantitative estimate of drug-likeness (QED) is 0.784. The maximum atomic E-state index is 4.57. The Morgan fingerprint density at radius 1 is 1.00 bits per heavy atom. The molecule has 0 bridgehead atoms. The summed E-state index contributed by atoms with van der Waals surface area (Å²) in [5, 5.41) is 6.47. The van der Waals surface area contributed by atoms with Crippen LogP contribution >= 0.6 is 0 Å². The molecule has 7 heteroatoms. The number of likely N-dealkylation sites (N-methyl/N-ethyl adjacent to an activating group) is 1. The molecular formula is C14H27N7. The molecule has 7 nitrogen and oxygen atoms in total. The average molecular weight is 293 g/mol. The molecule has 1 saturated heterocycles. The molecule has 1 aliphatic rings. The van der Waals surface area contributed by atoms with Crippen LogP contribution in [0.5, 0.6) is 0 Å². The van der Waals surface area contributed by atoms with Gasteiger partial charge in [-0.05, 0) is 40.3 Å². The summed E-state index contributed by atoms with van der Waals surface area (Å²) in [6.07, 6.45) is 3.73. The molecule has 0 unspecified atom stereocenters. The second kappa shape index (κ2) is 7.97. The lowest BCUT2D eigenvalue weighted by molar-refractivity contribution is 0.425. The van der Waals surface area contributed by atoms with Crippen LogP contribution in [0.1, 0.15) is 26.2 Å². The SMILES string of the molecule is CCNc1nc(NCCN(C)C)nc(N2CCCCC2)n1. The molecule has 0 amide bonds. The largest absolute Gasteiger partial charge is 0.354 e.